The number of aromatic nitrogens is 2. The standard InChI is InChI=1S/C20H21N3O4S/c1-4-17(18(24)21-14-7-5-6-13(2)12-14)28-19-20(25)27-22-23(19)15-8-10-16(26-3)11-9-15/h5-12,17H,4H2,1-3H3,(H-,21,22,24,25). The van der Waals surface area contributed by atoms with Gasteiger partial charge >= 0.3 is 0 Å². The van der Waals surface area contributed by atoms with E-state index >= 15 is 0 Å². The monoisotopic (exact) mass is 399 g/mol. The SMILES string of the molecule is CCC(Sc1c([O-])on[n+]1-c1ccc(OC)cc1)C(=O)Nc1cccc(C)c1. The molecule has 0 bridgehead atoms. The minimum Gasteiger partial charge on any atom is -0.538 e. The highest BCUT2D eigenvalue weighted by atomic mass is 32.2. The molecular weight excluding hydrogens is 378 g/mol. The molecule has 1 heterocycles. The van der Waals surface area contributed by atoms with Crippen LogP contribution in [0.3, 0.4) is 0 Å². The Morgan fingerprint density at radius 3 is 2.71 bits per heavy atom. The van der Waals surface area contributed by atoms with Crippen molar-refractivity contribution in [1.82, 2.24) is 5.27 Å². The van der Waals surface area contributed by atoms with Crippen LogP contribution in [0.4, 0.5) is 5.69 Å². The molecule has 1 amide bonds. The first-order valence-corrected chi connectivity index (χ1v) is 9.67. The minimum absolute atomic E-state index is 0.181. The molecular formula is C20H21N3O4S. The average Bonchev–Trinajstić information content (AvgIpc) is 3.06. The van der Waals surface area contributed by atoms with Gasteiger partial charge in [0.15, 0.2) is 5.95 Å². The van der Waals surface area contributed by atoms with Crippen molar-refractivity contribution in [3.05, 3.63) is 54.1 Å². The van der Waals surface area contributed by atoms with Crippen LogP contribution in [0.2, 0.25) is 0 Å². The van der Waals surface area contributed by atoms with Gasteiger partial charge in [0.1, 0.15) is 5.75 Å². The third kappa shape index (κ3) is 4.45. The number of anilines is 1. The van der Waals surface area contributed by atoms with Crippen molar-refractivity contribution < 1.29 is 23.8 Å². The van der Waals surface area contributed by atoms with Crippen LogP contribution in [0, 0.1) is 6.92 Å². The van der Waals surface area contributed by atoms with Gasteiger partial charge in [-0.15, -0.1) is 0 Å². The summed E-state index contributed by atoms with van der Waals surface area (Å²) < 4.78 is 11.4. The Morgan fingerprint density at radius 2 is 2.07 bits per heavy atom. The third-order valence-corrected chi connectivity index (χ3v) is 5.49. The van der Waals surface area contributed by atoms with Gasteiger partial charge in [0, 0.05) is 17.8 Å². The lowest BCUT2D eigenvalue weighted by Crippen LogP contribution is -2.36. The molecule has 3 rings (SSSR count). The Kier molecular flexibility index (Phi) is 6.20. The van der Waals surface area contributed by atoms with Crippen molar-refractivity contribution in [1.29, 1.82) is 0 Å². The second-order valence-corrected chi connectivity index (χ2v) is 7.34. The molecule has 1 unspecified atom stereocenters. The zero-order valence-electron chi connectivity index (χ0n) is 15.8. The number of nitrogens with zero attached hydrogens (tertiary/aromatic N) is 2. The van der Waals surface area contributed by atoms with Gasteiger partial charge in [-0.2, -0.15) is 0 Å². The van der Waals surface area contributed by atoms with Gasteiger partial charge in [-0.25, -0.2) is 0 Å². The molecule has 0 saturated heterocycles. The number of amides is 1. The predicted molar refractivity (Wildman–Crippen MR) is 104 cm³/mol. The van der Waals surface area contributed by atoms with Crippen LogP contribution in [0.1, 0.15) is 18.9 Å². The Labute approximate surface area is 167 Å². The molecule has 1 atom stereocenters. The number of rotatable bonds is 7. The van der Waals surface area contributed by atoms with E-state index in [0.717, 1.165) is 23.0 Å². The van der Waals surface area contributed by atoms with E-state index in [1.807, 2.05) is 38.1 Å². The van der Waals surface area contributed by atoms with Crippen molar-refractivity contribution in [3.63, 3.8) is 0 Å². The van der Waals surface area contributed by atoms with Crippen molar-refractivity contribution in [2.45, 2.75) is 30.5 Å². The van der Waals surface area contributed by atoms with E-state index < -0.39 is 11.2 Å². The zero-order chi connectivity index (χ0) is 20.1. The van der Waals surface area contributed by atoms with Crippen molar-refractivity contribution in [2.75, 3.05) is 12.4 Å². The molecule has 3 aromatic rings. The molecule has 1 N–H and O–H groups in total. The topological polar surface area (TPSA) is 91.3 Å². The fourth-order valence-electron chi connectivity index (χ4n) is 2.63. The van der Waals surface area contributed by atoms with E-state index in [4.69, 9.17) is 9.26 Å². The molecule has 0 aliphatic heterocycles. The van der Waals surface area contributed by atoms with Gasteiger partial charge in [-0.05, 0) is 59.6 Å². The number of hydrogen-bond donors (Lipinski definition) is 1. The first kappa shape index (κ1) is 19.8. The molecule has 0 saturated carbocycles. The van der Waals surface area contributed by atoms with Crippen molar-refractivity contribution in [3.8, 4) is 17.4 Å². The molecule has 0 fully saturated rings. The van der Waals surface area contributed by atoms with Crippen molar-refractivity contribution in [2.24, 2.45) is 0 Å². The number of methoxy groups -OCH3 is 1. The number of carbonyl (C=O) groups is 1. The molecule has 0 aliphatic carbocycles. The van der Waals surface area contributed by atoms with Crippen LogP contribution in [-0.2, 0) is 4.79 Å². The predicted octanol–water partition coefficient (Wildman–Crippen LogP) is 2.85. The quantitative estimate of drug-likeness (QED) is 0.485. The van der Waals surface area contributed by atoms with Crippen LogP contribution in [0.25, 0.3) is 5.69 Å². The number of aryl methyl sites for hydroxylation is 1. The zero-order valence-corrected chi connectivity index (χ0v) is 16.7. The first-order valence-electron chi connectivity index (χ1n) is 8.79. The molecule has 0 spiro atoms. The summed E-state index contributed by atoms with van der Waals surface area (Å²) in [4.78, 5) is 12.7. The van der Waals surface area contributed by atoms with E-state index in [1.165, 1.54) is 4.68 Å². The summed E-state index contributed by atoms with van der Waals surface area (Å²) >= 11 is 1.14. The largest absolute Gasteiger partial charge is 0.538 e. The smallest absolute Gasteiger partial charge is 0.298 e. The molecule has 146 valence electrons. The highest BCUT2D eigenvalue weighted by molar-refractivity contribution is 8.00. The number of nitrogens with one attached hydrogen (secondary N) is 1. The number of carbonyl (C=O) groups excluding carboxylic acids is 1. The molecule has 2 aromatic carbocycles. The summed E-state index contributed by atoms with van der Waals surface area (Å²) in [5.41, 5.74) is 2.42. The maximum Gasteiger partial charge on any atom is 0.298 e. The van der Waals surface area contributed by atoms with E-state index in [-0.39, 0.29) is 10.9 Å². The molecule has 8 heteroatoms. The number of benzene rings is 2. The Hall–Kier alpha value is -3.00. The van der Waals surface area contributed by atoms with Crippen LogP contribution in [-0.4, -0.2) is 23.5 Å². The van der Waals surface area contributed by atoms with Crippen molar-refractivity contribution >= 4 is 23.4 Å². The van der Waals surface area contributed by atoms with Gasteiger partial charge in [0.2, 0.25) is 11.6 Å². The first-order chi connectivity index (χ1) is 13.5. The molecule has 0 aliphatic rings. The summed E-state index contributed by atoms with van der Waals surface area (Å²) in [7, 11) is 1.58. The molecule has 0 radical (unpaired) electrons. The van der Waals surface area contributed by atoms with Crippen LogP contribution < -0.4 is 19.8 Å². The number of hydrogen-bond acceptors (Lipinski definition) is 6. The summed E-state index contributed by atoms with van der Waals surface area (Å²) in [6, 6.07) is 14.6. The van der Waals surface area contributed by atoms with Crippen LogP contribution in [0.15, 0.2) is 58.1 Å². The normalized spacial score (nSPS) is 11.8. The van der Waals surface area contributed by atoms with Crippen LogP contribution >= 0.6 is 11.8 Å². The fourth-order valence-corrected chi connectivity index (χ4v) is 3.60. The van der Waals surface area contributed by atoms with E-state index in [1.54, 1.807) is 31.4 Å². The third-order valence-electron chi connectivity index (χ3n) is 4.09. The van der Waals surface area contributed by atoms with E-state index in [0.29, 0.717) is 17.9 Å². The van der Waals surface area contributed by atoms with Gasteiger partial charge in [-0.3, -0.25) is 4.79 Å². The fraction of sp³-hybridized carbons (Fsp3) is 0.250. The number of ether oxygens (including phenoxy) is 1. The summed E-state index contributed by atoms with van der Waals surface area (Å²) in [6.07, 6.45) is 0.537. The lowest BCUT2D eigenvalue weighted by Gasteiger charge is -2.13. The molecule has 7 nitrogen and oxygen atoms in total. The minimum atomic E-state index is -0.581. The second-order valence-electron chi connectivity index (χ2n) is 6.15. The van der Waals surface area contributed by atoms with Crippen LogP contribution in [0.5, 0.6) is 11.7 Å². The lowest BCUT2D eigenvalue weighted by molar-refractivity contribution is -0.705. The van der Waals surface area contributed by atoms with Gasteiger partial charge in [0.25, 0.3) is 5.03 Å². The van der Waals surface area contributed by atoms with Gasteiger partial charge in [0.05, 0.1) is 17.6 Å². The average molecular weight is 399 g/mol. The Morgan fingerprint density at radius 1 is 1.32 bits per heavy atom. The Bertz CT molecular complexity index is 956. The molecule has 28 heavy (non-hydrogen) atoms. The maximum atomic E-state index is 12.7. The van der Waals surface area contributed by atoms with Gasteiger partial charge in [-0.1, -0.05) is 19.1 Å². The highest BCUT2D eigenvalue weighted by Gasteiger charge is 2.28. The summed E-state index contributed by atoms with van der Waals surface area (Å²) in [6.45, 7) is 3.85. The Balaban J connectivity index is 1.80. The van der Waals surface area contributed by atoms with E-state index in [9.17, 15) is 9.90 Å². The second kappa shape index (κ2) is 8.79. The highest BCUT2D eigenvalue weighted by Crippen LogP contribution is 2.30. The van der Waals surface area contributed by atoms with Gasteiger partial charge < -0.3 is 19.7 Å². The summed E-state index contributed by atoms with van der Waals surface area (Å²) in [5, 5.41) is 18.7. The van der Waals surface area contributed by atoms with E-state index in [2.05, 4.69) is 10.6 Å². The lowest BCUT2D eigenvalue weighted by atomic mass is 10.2. The summed E-state index contributed by atoms with van der Waals surface area (Å²) in [5.74, 6) is -0.0732. The molecule has 1 aromatic heterocycles. The maximum absolute atomic E-state index is 12.7. The number of thioether (sulfide) groups is 1.